The Labute approximate surface area is 149 Å². The molecule has 0 heterocycles. The van der Waals surface area contributed by atoms with Gasteiger partial charge in [0.15, 0.2) is 0 Å². The molecule has 0 amide bonds. The molecule has 0 aromatic heterocycles. The zero-order valence-electron chi connectivity index (χ0n) is 15.1. The molecule has 1 nitrogen and oxygen atoms in total. The average Bonchev–Trinajstić information content (AvgIpc) is 2.52. The predicted molar refractivity (Wildman–Crippen MR) is 103 cm³/mol. The van der Waals surface area contributed by atoms with E-state index in [1.165, 1.54) is 27.1 Å². The standard InChI is InChI=1S/C22H26OS/c1-15-12-16(2)20(17(3)13-15)24-21-19(23)14-22(21,4)11-10-18-8-6-5-7-9-18/h5-9,12-13,21H,10-11,14H2,1-4H3/t21-,22-/m0/s1. The zero-order valence-corrected chi connectivity index (χ0v) is 15.9. The third kappa shape index (κ3) is 3.44. The molecule has 2 aromatic carbocycles. The summed E-state index contributed by atoms with van der Waals surface area (Å²) in [5.74, 6) is 0.412. The van der Waals surface area contributed by atoms with Crippen molar-refractivity contribution in [1.82, 2.24) is 0 Å². The van der Waals surface area contributed by atoms with E-state index in [1.807, 2.05) is 0 Å². The second-order valence-corrected chi connectivity index (χ2v) is 8.62. The molecule has 0 unspecified atom stereocenters. The Hall–Kier alpha value is -1.54. The van der Waals surface area contributed by atoms with Crippen molar-refractivity contribution in [2.24, 2.45) is 5.41 Å². The first-order valence-electron chi connectivity index (χ1n) is 8.70. The number of benzene rings is 2. The Balaban J connectivity index is 1.74. The molecule has 2 atom stereocenters. The quantitative estimate of drug-likeness (QED) is 0.697. The van der Waals surface area contributed by atoms with Gasteiger partial charge in [0, 0.05) is 11.3 Å². The molecule has 0 aliphatic heterocycles. The highest BCUT2D eigenvalue weighted by atomic mass is 32.2. The average molecular weight is 339 g/mol. The number of hydrogen-bond donors (Lipinski definition) is 0. The number of carbonyl (C=O) groups is 1. The van der Waals surface area contributed by atoms with Gasteiger partial charge in [0.25, 0.3) is 0 Å². The lowest BCUT2D eigenvalue weighted by molar-refractivity contribution is -0.130. The number of thioether (sulfide) groups is 1. The summed E-state index contributed by atoms with van der Waals surface area (Å²) >= 11 is 1.79. The van der Waals surface area contributed by atoms with Crippen LogP contribution in [0, 0.1) is 26.2 Å². The summed E-state index contributed by atoms with van der Waals surface area (Å²) in [5, 5.41) is 0.0984. The summed E-state index contributed by atoms with van der Waals surface area (Å²) in [4.78, 5) is 13.6. The molecule has 0 saturated heterocycles. The van der Waals surface area contributed by atoms with Crippen LogP contribution in [-0.4, -0.2) is 11.0 Å². The summed E-state index contributed by atoms with van der Waals surface area (Å²) in [6.07, 6.45) is 2.85. The van der Waals surface area contributed by atoms with Crippen LogP contribution in [-0.2, 0) is 11.2 Å². The van der Waals surface area contributed by atoms with Crippen molar-refractivity contribution < 1.29 is 4.79 Å². The Bertz CT molecular complexity index is 727. The Morgan fingerprint density at radius 3 is 2.29 bits per heavy atom. The van der Waals surface area contributed by atoms with Gasteiger partial charge in [-0.3, -0.25) is 4.79 Å². The van der Waals surface area contributed by atoms with E-state index in [1.54, 1.807) is 11.8 Å². The Kier molecular flexibility index (Phi) is 4.87. The van der Waals surface area contributed by atoms with E-state index >= 15 is 0 Å². The van der Waals surface area contributed by atoms with E-state index in [0.717, 1.165) is 19.3 Å². The van der Waals surface area contributed by atoms with Gasteiger partial charge in [-0.15, -0.1) is 11.8 Å². The van der Waals surface area contributed by atoms with Crippen LogP contribution in [0.3, 0.4) is 0 Å². The summed E-state index contributed by atoms with van der Waals surface area (Å²) in [7, 11) is 0. The molecule has 3 rings (SSSR count). The fourth-order valence-corrected chi connectivity index (χ4v) is 5.24. The van der Waals surface area contributed by atoms with Crippen LogP contribution in [0.25, 0.3) is 0 Å². The van der Waals surface area contributed by atoms with Gasteiger partial charge in [-0.25, -0.2) is 0 Å². The van der Waals surface area contributed by atoms with Crippen LogP contribution >= 0.6 is 11.8 Å². The van der Waals surface area contributed by atoms with E-state index in [0.29, 0.717) is 5.78 Å². The molecule has 126 valence electrons. The maximum Gasteiger partial charge on any atom is 0.147 e. The second-order valence-electron chi connectivity index (χ2n) is 7.51. The van der Waals surface area contributed by atoms with Gasteiger partial charge < -0.3 is 0 Å². The lowest BCUT2D eigenvalue weighted by atomic mass is 9.66. The number of carbonyl (C=O) groups excluding carboxylic acids is 1. The number of ketones is 1. The van der Waals surface area contributed by atoms with Gasteiger partial charge in [0.1, 0.15) is 5.78 Å². The van der Waals surface area contributed by atoms with Crippen LogP contribution in [0.2, 0.25) is 0 Å². The van der Waals surface area contributed by atoms with Crippen molar-refractivity contribution in [3.05, 3.63) is 64.7 Å². The molecule has 1 aliphatic rings. The third-order valence-electron chi connectivity index (χ3n) is 5.17. The Morgan fingerprint density at radius 1 is 1.08 bits per heavy atom. The van der Waals surface area contributed by atoms with Gasteiger partial charge in [0.2, 0.25) is 0 Å². The molecule has 1 fully saturated rings. The van der Waals surface area contributed by atoms with Crippen molar-refractivity contribution in [2.45, 2.75) is 57.1 Å². The fourth-order valence-electron chi connectivity index (χ4n) is 3.81. The largest absolute Gasteiger partial charge is 0.298 e. The van der Waals surface area contributed by atoms with Crippen LogP contribution < -0.4 is 0 Å². The maximum atomic E-state index is 12.3. The lowest BCUT2D eigenvalue weighted by Crippen LogP contribution is -2.49. The van der Waals surface area contributed by atoms with Crippen LogP contribution in [0.5, 0.6) is 0 Å². The van der Waals surface area contributed by atoms with E-state index in [2.05, 4.69) is 70.2 Å². The zero-order chi connectivity index (χ0) is 17.3. The number of aryl methyl sites for hydroxylation is 4. The molecular weight excluding hydrogens is 312 g/mol. The highest BCUT2D eigenvalue weighted by Crippen LogP contribution is 2.51. The SMILES string of the molecule is Cc1cc(C)c(S[C@H]2C(=O)C[C@]2(C)CCc2ccccc2)c(C)c1. The maximum absolute atomic E-state index is 12.3. The van der Waals surface area contributed by atoms with Crippen LogP contribution in [0.1, 0.15) is 42.0 Å². The van der Waals surface area contributed by atoms with E-state index in [-0.39, 0.29) is 10.7 Å². The van der Waals surface area contributed by atoms with E-state index < -0.39 is 0 Å². The monoisotopic (exact) mass is 338 g/mol. The van der Waals surface area contributed by atoms with Crippen molar-refractivity contribution in [2.75, 3.05) is 0 Å². The molecule has 0 N–H and O–H groups in total. The van der Waals surface area contributed by atoms with Gasteiger partial charge in [-0.05, 0) is 55.7 Å². The molecule has 0 spiro atoms. The van der Waals surface area contributed by atoms with Crippen LogP contribution in [0.15, 0.2) is 47.4 Å². The molecule has 0 radical (unpaired) electrons. The summed E-state index contributed by atoms with van der Waals surface area (Å²) in [6, 6.07) is 15.0. The van der Waals surface area contributed by atoms with Gasteiger partial charge >= 0.3 is 0 Å². The van der Waals surface area contributed by atoms with E-state index in [4.69, 9.17) is 0 Å². The minimum atomic E-state index is 0.0984. The highest BCUT2D eigenvalue weighted by Gasteiger charge is 2.50. The smallest absolute Gasteiger partial charge is 0.147 e. The molecule has 0 bridgehead atoms. The normalized spacial score (nSPS) is 23.2. The highest BCUT2D eigenvalue weighted by molar-refractivity contribution is 8.00. The second kappa shape index (κ2) is 6.76. The Morgan fingerprint density at radius 2 is 1.71 bits per heavy atom. The first-order valence-corrected chi connectivity index (χ1v) is 9.58. The van der Waals surface area contributed by atoms with Gasteiger partial charge in [-0.1, -0.05) is 55.0 Å². The third-order valence-corrected chi connectivity index (χ3v) is 7.12. The van der Waals surface area contributed by atoms with Gasteiger partial charge in [-0.2, -0.15) is 0 Å². The first-order chi connectivity index (χ1) is 11.4. The molecular formula is C22H26OS. The fraction of sp³-hybridized carbons (Fsp3) is 0.409. The minimum Gasteiger partial charge on any atom is -0.298 e. The van der Waals surface area contributed by atoms with E-state index in [9.17, 15) is 4.79 Å². The lowest BCUT2D eigenvalue weighted by Gasteiger charge is -2.45. The summed E-state index contributed by atoms with van der Waals surface area (Å²) in [5.41, 5.74) is 5.36. The van der Waals surface area contributed by atoms with Crippen molar-refractivity contribution >= 4 is 17.5 Å². The molecule has 2 heteroatoms. The number of Topliss-reactive ketones (excluding diaryl/α,β-unsaturated/α-hetero) is 1. The molecule has 2 aromatic rings. The topological polar surface area (TPSA) is 17.1 Å². The van der Waals surface area contributed by atoms with Crippen LogP contribution in [0.4, 0.5) is 0 Å². The predicted octanol–water partition coefficient (Wildman–Crippen LogP) is 5.68. The molecule has 1 saturated carbocycles. The van der Waals surface area contributed by atoms with Crippen molar-refractivity contribution in [3.63, 3.8) is 0 Å². The van der Waals surface area contributed by atoms with Crippen molar-refractivity contribution in [1.29, 1.82) is 0 Å². The first kappa shape index (κ1) is 17.3. The van der Waals surface area contributed by atoms with Gasteiger partial charge in [0.05, 0.1) is 5.25 Å². The number of hydrogen-bond acceptors (Lipinski definition) is 2. The molecule has 24 heavy (non-hydrogen) atoms. The minimum absolute atomic E-state index is 0.0984. The number of rotatable bonds is 5. The summed E-state index contributed by atoms with van der Waals surface area (Å²) in [6.45, 7) is 8.74. The summed E-state index contributed by atoms with van der Waals surface area (Å²) < 4.78 is 0. The molecule has 1 aliphatic carbocycles. The van der Waals surface area contributed by atoms with Crippen molar-refractivity contribution in [3.8, 4) is 0 Å².